The van der Waals surface area contributed by atoms with Crippen molar-refractivity contribution in [2.75, 3.05) is 6.54 Å². The van der Waals surface area contributed by atoms with Gasteiger partial charge in [-0.15, -0.1) is 0 Å². The third-order valence-electron chi connectivity index (χ3n) is 5.66. The monoisotopic (exact) mass is 267 g/mol. The Kier molecular flexibility index (Phi) is 5.30. The van der Waals surface area contributed by atoms with Gasteiger partial charge in [-0.25, -0.2) is 0 Å². The minimum absolute atomic E-state index is 0.409. The zero-order valence-corrected chi connectivity index (χ0v) is 13.5. The SMILES string of the molecule is CCNC(C1CCCC(C)C1)C1C(C)OC(C)C1C. The zero-order chi connectivity index (χ0) is 14.0. The first-order valence-corrected chi connectivity index (χ1v) is 8.43. The van der Waals surface area contributed by atoms with Crippen LogP contribution >= 0.6 is 0 Å². The van der Waals surface area contributed by atoms with Crippen molar-refractivity contribution in [1.82, 2.24) is 5.32 Å². The van der Waals surface area contributed by atoms with Crippen LogP contribution in [0.15, 0.2) is 0 Å². The minimum Gasteiger partial charge on any atom is -0.375 e. The quantitative estimate of drug-likeness (QED) is 0.835. The molecule has 7 atom stereocenters. The molecule has 2 fully saturated rings. The van der Waals surface area contributed by atoms with Gasteiger partial charge in [-0.2, -0.15) is 0 Å². The van der Waals surface area contributed by atoms with Crippen LogP contribution in [0.5, 0.6) is 0 Å². The molecular weight excluding hydrogens is 234 g/mol. The second kappa shape index (κ2) is 6.58. The first kappa shape index (κ1) is 15.3. The van der Waals surface area contributed by atoms with E-state index in [0.717, 1.165) is 18.4 Å². The van der Waals surface area contributed by atoms with Gasteiger partial charge < -0.3 is 10.1 Å². The summed E-state index contributed by atoms with van der Waals surface area (Å²) < 4.78 is 6.09. The van der Waals surface area contributed by atoms with Gasteiger partial charge in [-0.05, 0) is 51.0 Å². The second-order valence-electron chi connectivity index (χ2n) is 7.10. The fourth-order valence-electron chi connectivity index (χ4n) is 4.57. The van der Waals surface area contributed by atoms with Gasteiger partial charge >= 0.3 is 0 Å². The molecule has 112 valence electrons. The normalized spacial score (nSPS) is 45.3. The molecule has 2 rings (SSSR count). The maximum atomic E-state index is 6.09. The summed E-state index contributed by atoms with van der Waals surface area (Å²) >= 11 is 0. The molecule has 1 saturated heterocycles. The minimum atomic E-state index is 0.409. The van der Waals surface area contributed by atoms with E-state index in [2.05, 4.69) is 39.9 Å². The van der Waals surface area contributed by atoms with Gasteiger partial charge in [-0.3, -0.25) is 0 Å². The highest BCUT2D eigenvalue weighted by Gasteiger charge is 2.44. The van der Waals surface area contributed by atoms with Crippen molar-refractivity contribution >= 4 is 0 Å². The van der Waals surface area contributed by atoms with Gasteiger partial charge in [-0.1, -0.05) is 33.6 Å². The molecule has 0 radical (unpaired) electrons. The van der Waals surface area contributed by atoms with Crippen LogP contribution in [0.4, 0.5) is 0 Å². The van der Waals surface area contributed by atoms with E-state index in [1.807, 2.05) is 0 Å². The van der Waals surface area contributed by atoms with Crippen molar-refractivity contribution < 1.29 is 4.74 Å². The van der Waals surface area contributed by atoms with E-state index in [1.54, 1.807) is 0 Å². The summed E-state index contributed by atoms with van der Waals surface area (Å²) in [4.78, 5) is 0. The molecule has 2 heteroatoms. The fourth-order valence-corrected chi connectivity index (χ4v) is 4.57. The van der Waals surface area contributed by atoms with E-state index >= 15 is 0 Å². The van der Waals surface area contributed by atoms with Crippen LogP contribution in [-0.4, -0.2) is 24.8 Å². The van der Waals surface area contributed by atoms with Crippen LogP contribution in [-0.2, 0) is 4.74 Å². The Morgan fingerprint density at radius 3 is 2.37 bits per heavy atom. The summed E-state index contributed by atoms with van der Waals surface area (Å²) in [5.41, 5.74) is 0. The average Bonchev–Trinajstić information content (AvgIpc) is 2.61. The lowest BCUT2D eigenvalue weighted by atomic mass is 9.71. The molecule has 1 aliphatic carbocycles. The molecule has 1 heterocycles. The largest absolute Gasteiger partial charge is 0.375 e. The molecular formula is C17H33NO. The number of ether oxygens (including phenoxy) is 1. The smallest absolute Gasteiger partial charge is 0.0597 e. The molecule has 1 aliphatic heterocycles. The van der Waals surface area contributed by atoms with Gasteiger partial charge in [0.2, 0.25) is 0 Å². The van der Waals surface area contributed by atoms with Gasteiger partial charge in [0, 0.05) is 12.0 Å². The highest BCUT2D eigenvalue weighted by molar-refractivity contribution is 4.95. The molecule has 7 unspecified atom stereocenters. The molecule has 0 aromatic carbocycles. The summed E-state index contributed by atoms with van der Waals surface area (Å²) in [5.74, 6) is 3.12. The van der Waals surface area contributed by atoms with E-state index in [-0.39, 0.29) is 0 Å². The molecule has 0 amide bonds. The summed E-state index contributed by atoms with van der Waals surface area (Å²) in [6.45, 7) is 12.7. The van der Waals surface area contributed by atoms with Crippen LogP contribution < -0.4 is 5.32 Å². The molecule has 1 N–H and O–H groups in total. The molecule has 0 spiro atoms. The highest BCUT2D eigenvalue weighted by Crippen LogP contribution is 2.41. The van der Waals surface area contributed by atoms with Crippen LogP contribution in [0.3, 0.4) is 0 Å². The maximum Gasteiger partial charge on any atom is 0.0597 e. The summed E-state index contributed by atoms with van der Waals surface area (Å²) in [6.07, 6.45) is 6.49. The van der Waals surface area contributed by atoms with E-state index in [1.165, 1.54) is 25.7 Å². The van der Waals surface area contributed by atoms with Gasteiger partial charge in [0.1, 0.15) is 0 Å². The van der Waals surface area contributed by atoms with E-state index in [9.17, 15) is 0 Å². The predicted molar refractivity (Wildman–Crippen MR) is 81.2 cm³/mol. The van der Waals surface area contributed by atoms with E-state index in [4.69, 9.17) is 4.74 Å². The second-order valence-corrected chi connectivity index (χ2v) is 7.10. The summed E-state index contributed by atoms with van der Waals surface area (Å²) in [6, 6.07) is 0.655. The van der Waals surface area contributed by atoms with Crippen LogP contribution in [0.1, 0.15) is 60.3 Å². The van der Waals surface area contributed by atoms with Crippen LogP contribution in [0, 0.1) is 23.7 Å². The molecule has 19 heavy (non-hydrogen) atoms. The molecule has 1 saturated carbocycles. The van der Waals surface area contributed by atoms with Gasteiger partial charge in [0.05, 0.1) is 12.2 Å². The van der Waals surface area contributed by atoms with E-state index < -0.39 is 0 Å². The lowest BCUT2D eigenvalue weighted by molar-refractivity contribution is 0.0418. The number of hydrogen-bond acceptors (Lipinski definition) is 2. The Morgan fingerprint density at radius 2 is 1.84 bits per heavy atom. The van der Waals surface area contributed by atoms with E-state index in [0.29, 0.717) is 30.1 Å². The standard InChI is InChI=1S/C17H33NO/c1-6-18-17(15-9-7-8-11(2)10-15)16-12(3)13(4)19-14(16)5/h11-18H,6-10H2,1-5H3. The summed E-state index contributed by atoms with van der Waals surface area (Å²) in [5, 5.41) is 3.82. The van der Waals surface area contributed by atoms with Gasteiger partial charge in [0.15, 0.2) is 0 Å². The molecule has 0 aromatic rings. The highest BCUT2D eigenvalue weighted by atomic mass is 16.5. The van der Waals surface area contributed by atoms with Crippen molar-refractivity contribution in [3.05, 3.63) is 0 Å². The van der Waals surface area contributed by atoms with Crippen molar-refractivity contribution in [2.45, 2.75) is 78.6 Å². The first-order chi connectivity index (χ1) is 9.04. The first-order valence-electron chi connectivity index (χ1n) is 8.43. The lowest BCUT2D eigenvalue weighted by Crippen LogP contribution is -2.48. The molecule has 0 aromatic heterocycles. The van der Waals surface area contributed by atoms with Crippen LogP contribution in [0.25, 0.3) is 0 Å². The molecule has 2 aliphatic rings. The lowest BCUT2D eigenvalue weighted by Gasteiger charge is -2.39. The third kappa shape index (κ3) is 3.33. The summed E-state index contributed by atoms with van der Waals surface area (Å²) in [7, 11) is 0. The van der Waals surface area contributed by atoms with Crippen molar-refractivity contribution in [1.29, 1.82) is 0 Å². The van der Waals surface area contributed by atoms with Crippen molar-refractivity contribution in [3.63, 3.8) is 0 Å². The maximum absolute atomic E-state index is 6.09. The van der Waals surface area contributed by atoms with Crippen molar-refractivity contribution in [2.24, 2.45) is 23.7 Å². The number of nitrogens with one attached hydrogen (secondary N) is 1. The third-order valence-corrected chi connectivity index (χ3v) is 5.66. The predicted octanol–water partition coefficient (Wildman–Crippen LogP) is 3.85. The van der Waals surface area contributed by atoms with Crippen molar-refractivity contribution in [3.8, 4) is 0 Å². The number of hydrogen-bond donors (Lipinski definition) is 1. The zero-order valence-electron chi connectivity index (χ0n) is 13.5. The Balaban J connectivity index is 2.10. The Bertz CT molecular complexity index is 280. The fraction of sp³-hybridized carbons (Fsp3) is 1.00. The average molecular weight is 267 g/mol. The Labute approximate surface area is 119 Å². The molecule has 0 bridgehead atoms. The van der Waals surface area contributed by atoms with Crippen LogP contribution in [0.2, 0.25) is 0 Å². The Morgan fingerprint density at radius 1 is 1.11 bits per heavy atom. The molecule has 2 nitrogen and oxygen atoms in total. The Hall–Kier alpha value is -0.0800. The topological polar surface area (TPSA) is 21.3 Å². The van der Waals surface area contributed by atoms with Gasteiger partial charge in [0.25, 0.3) is 0 Å². The number of rotatable bonds is 4.